The van der Waals surface area contributed by atoms with Crippen molar-refractivity contribution in [3.8, 4) is 0 Å². The number of amides is 1. The lowest BCUT2D eigenvalue weighted by Gasteiger charge is -2.09. The fraction of sp³-hybridized carbons (Fsp3) is 0.227. The topological polar surface area (TPSA) is 111 Å². The molecule has 0 bridgehead atoms. The lowest BCUT2D eigenvalue weighted by molar-refractivity contribution is -0.431. The number of anilines is 1. The molecule has 2 heterocycles. The van der Waals surface area contributed by atoms with Crippen molar-refractivity contribution in [1.29, 1.82) is 0 Å². The molecule has 0 fully saturated rings. The Balaban J connectivity index is 1.34. The van der Waals surface area contributed by atoms with E-state index in [1.54, 1.807) is 0 Å². The van der Waals surface area contributed by atoms with Gasteiger partial charge in [-0.15, -0.1) is 10.2 Å². The fourth-order valence-corrected chi connectivity index (χ4v) is 3.87. The largest absolute Gasteiger partial charge is 0.410 e. The van der Waals surface area contributed by atoms with Crippen molar-refractivity contribution in [2.45, 2.75) is 31.5 Å². The van der Waals surface area contributed by atoms with Gasteiger partial charge in [0.15, 0.2) is 6.04 Å². The number of benzene rings is 2. The van der Waals surface area contributed by atoms with Gasteiger partial charge in [0.25, 0.3) is 11.1 Å². The normalized spacial score (nSPS) is 12.2. The Bertz CT molecular complexity index is 1180. The molecule has 4 rings (SSSR count). The first-order chi connectivity index (χ1) is 14.5. The molecule has 0 aliphatic heterocycles. The molecule has 8 heteroatoms. The molecule has 2 aromatic heterocycles. The number of hydrogen-bond donors (Lipinski definition) is 3. The Morgan fingerprint density at radius 2 is 2.03 bits per heavy atom. The zero-order valence-corrected chi connectivity index (χ0v) is 17.8. The zero-order chi connectivity index (χ0) is 21.1. The van der Waals surface area contributed by atoms with E-state index in [2.05, 4.69) is 32.3 Å². The predicted octanol–water partition coefficient (Wildman–Crippen LogP) is 3.42. The van der Waals surface area contributed by atoms with Crippen LogP contribution in [-0.4, -0.2) is 26.8 Å². The number of H-pyrrole nitrogens is 1. The Hall–Kier alpha value is -3.10. The summed E-state index contributed by atoms with van der Waals surface area (Å²) >= 11 is 1.22. The quantitative estimate of drug-likeness (QED) is 0.395. The lowest BCUT2D eigenvalue weighted by atomic mass is 10.1. The van der Waals surface area contributed by atoms with E-state index >= 15 is 0 Å². The Morgan fingerprint density at radius 1 is 1.20 bits per heavy atom. The summed E-state index contributed by atoms with van der Waals surface area (Å²) in [7, 11) is 0. The molecule has 0 radical (unpaired) electrons. The van der Waals surface area contributed by atoms with Crippen LogP contribution in [0.25, 0.3) is 10.9 Å². The van der Waals surface area contributed by atoms with Crippen LogP contribution >= 0.6 is 11.8 Å². The molecule has 7 nitrogen and oxygen atoms in total. The highest BCUT2D eigenvalue weighted by Gasteiger charge is 2.20. The van der Waals surface area contributed by atoms with Crippen molar-refractivity contribution in [3.63, 3.8) is 0 Å². The maximum Gasteiger partial charge on any atom is 0.277 e. The third-order valence-corrected chi connectivity index (χ3v) is 5.94. The number of quaternary nitrogens is 1. The average molecular weight is 423 g/mol. The number of carbonyl (C=O) groups is 1. The highest BCUT2D eigenvalue weighted by molar-refractivity contribution is 7.99. The van der Waals surface area contributed by atoms with Gasteiger partial charge < -0.3 is 20.5 Å². The van der Waals surface area contributed by atoms with E-state index in [0.29, 0.717) is 17.5 Å². The maximum atomic E-state index is 12.3. The van der Waals surface area contributed by atoms with Crippen LogP contribution in [0.1, 0.15) is 28.6 Å². The summed E-state index contributed by atoms with van der Waals surface area (Å²) in [5, 5.41) is 12.7. The molecule has 0 saturated carbocycles. The Labute approximate surface area is 178 Å². The summed E-state index contributed by atoms with van der Waals surface area (Å²) in [5.74, 6) is 0.551. The van der Waals surface area contributed by atoms with E-state index in [9.17, 15) is 4.79 Å². The van der Waals surface area contributed by atoms with E-state index in [4.69, 9.17) is 4.42 Å². The highest BCUT2D eigenvalue weighted by atomic mass is 32.2. The fourth-order valence-electron chi connectivity index (χ4n) is 3.30. The Morgan fingerprint density at radius 3 is 2.90 bits per heavy atom. The van der Waals surface area contributed by atoms with Gasteiger partial charge in [-0.05, 0) is 42.7 Å². The second kappa shape index (κ2) is 8.73. The average Bonchev–Trinajstić information content (AvgIpc) is 3.38. The molecule has 1 amide bonds. The molecule has 0 saturated heterocycles. The maximum absolute atomic E-state index is 12.3. The number of para-hydroxylation sites is 1. The second-order valence-corrected chi connectivity index (χ2v) is 8.18. The van der Waals surface area contributed by atoms with Crippen molar-refractivity contribution in [3.05, 3.63) is 71.2 Å². The van der Waals surface area contributed by atoms with Crippen LogP contribution in [0, 0.1) is 13.8 Å². The molecule has 4 aromatic rings. The van der Waals surface area contributed by atoms with Gasteiger partial charge in [0, 0.05) is 29.2 Å². The second-order valence-electron chi connectivity index (χ2n) is 7.25. The smallest absolute Gasteiger partial charge is 0.277 e. The standard InChI is InChI=1S/C22H23N5O2S/c1-13-6-5-9-18(14(13)2)25-20(28)12-30-22-27-26-21(29-22)17(23)10-15-11-24-19-8-4-3-7-16(15)19/h3-9,11,17,24H,10,12,23H2,1-2H3,(H,25,28)/p+1/t17-/m0/s1. The predicted molar refractivity (Wildman–Crippen MR) is 117 cm³/mol. The number of nitrogens with zero attached hydrogens (tertiary/aromatic N) is 2. The van der Waals surface area contributed by atoms with Crippen LogP contribution in [0.2, 0.25) is 0 Å². The van der Waals surface area contributed by atoms with E-state index in [1.807, 2.05) is 56.4 Å². The van der Waals surface area contributed by atoms with Crippen LogP contribution in [0.3, 0.4) is 0 Å². The highest BCUT2D eigenvalue weighted by Crippen LogP contribution is 2.24. The minimum Gasteiger partial charge on any atom is -0.410 e. The van der Waals surface area contributed by atoms with Gasteiger partial charge in [-0.3, -0.25) is 4.79 Å². The molecular formula is C22H24N5O2S+. The van der Waals surface area contributed by atoms with Gasteiger partial charge in [0.05, 0.1) is 5.75 Å². The molecule has 154 valence electrons. The van der Waals surface area contributed by atoms with Crippen LogP contribution in [0.5, 0.6) is 0 Å². The van der Waals surface area contributed by atoms with Crippen LogP contribution in [0.15, 0.2) is 58.3 Å². The number of thioether (sulfide) groups is 1. The van der Waals surface area contributed by atoms with E-state index in [-0.39, 0.29) is 17.7 Å². The molecule has 30 heavy (non-hydrogen) atoms. The minimum absolute atomic E-state index is 0.113. The summed E-state index contributed by atoms with van der Waals surface area (Å²) in [6, 6.07) is 13.8. The zero-order valence-electron chi connectivity index (χ0n) is 16.9. The molecule has 0 unspecified atom stereocenters. The molecule has 0 spiro atoms. The van der Waals surface area contributed by atoms with Crippen molar-refractivity contribution in [2.75, 3.05) is 11.1 Å². The molecule has 0 aliphatic rings. The van der Waals surface area contributed by atoms with Crippen molar-refractivity contribution in [1.82, 2.24) is 15.2 Å². The number of fused-ring (bicyclic) bond motifs is 1. The summed E-state index contributed by atoms with van der Waals surface area (Å²) in [5.41, 5.74) is 9.45. The van der Waals surface area contributed by atoms with Gasteiger partial charge in [0.2, 0.25) is 5.91 Å². The van der Waals surface area contributed by atoms with Gasteiger partial charge in [-0.1, -0.05) is 42.1 Å². The van der Waals surface area contributed by atoms with Gasteiger partial charge in [-0.2, -0.15) is 0 Å². The van der Waals surface area contributed by atoms with Crippen molar-refractivity contribution < 1.29 is 14.9 Å². The summed E-state index contributed by atoms with van der Waals surface area (Å²) in [4.78, 5) is 15.6. The first-order valence-electron chi connectivity index (χ1n) is 9.71. The van der Waals surface area contributed by atoms with E-state index < -0.39 is 0 Å². The number of hydrogen-bond acceptors (Lipinski definition) is 5. The van der Waals surface area contributed by atoms with Gasteiger partial charge in [0.1, 0.15) is 0 Å². The third kappa shape index (κ3) is 4.39. The Kier molecular flexibility index (Phi) is 5.87. The summed E-state index contributed by atoms with van der Waals surface area (Å²) < 4.78 is 5.74. The number of aromatic amines is 1. The number of rotatable bonds is 7. The molecule has 1 atom stereocenters. The van der Waals surface area contributed by atoms with Crippen LogP contribution in [0.4, 0.5) is 5.69 Å². The first kappa shape index (κ1) is 20.2. The molecule has 0 aliphatic carbocycles. The summed E-state index contributed by atoms with van der Waals surface area (Å²) in [6.45, 7) is 4.01. The van der Waals surface area contributed by atoms with E-state index in [0.717, 1.165) is 27.9 Å². The number of aryl methyl sites for hydroxylation is 1. The molecule has 5 N–H and O–H groups in total. The monoisotopic (exact) mass is 422 g/mol. The number of aromatic nitrogens is 3. The van der Waals surface area contributed by atoms with E-state index in [1.165, 1.54) is 17.1 Å². The summed E-state index contributed by atoms with van der Waals surface area (Å²) in [6.07, 6.45) is 2.68. The first-order valence-corrected chi connectivity index (χ1v) is 10.7. The van der Waals surface area contributed by atoms with Crippen molar-refractivity contribution >= 4 is 34.3 Å². The van der Waals surface area contributed by atoms with Gasteiger partial charge in [-0.25, -0.2) is 0 Å². The number of carbonyl (C=O) groups excluding carboxylic acids is 1. The SMILES string of the molecule is Cc1cccc(NC(=O)CSc2nnc([C@@H]([NH3+])Cc3c[nH]c4ccccc34)o2)c1C. The van der Waals surface area contributed by atoms with Gasteiger partial charge >= 0.3 is 0 Å². The molecule has 2 aromatic carbocycles. The van der Waals surface area contributed by atoms with Crippen molar-refractivity contribution in [2.24, 2.45) is 0 Å². The lowest BCUT2D eigenvalue weighted by Crippen LogP contribution is -2.54. The molecular weight excluding hydrogens is 398 g/mol. The minimum atomic E-state index is -0.171. The number of nitrogens with one attached hydrogen (secondary N) is 2. The van der Waals surface area contributed by atoms with Crippen LogP contribution in [-0.2, 0) is 11.2 Å². The third-order valence-electron chi connectivity index (χ3n) is 5.12. The van der Waals surface area contributed by atoms with Crippen LogP contribution < -0.4 is 11.1 Å².